The Hall–Kier alpha value is -1.78. The second-order valence-electron chi connectivity index (χ2n) is 2.92. The van der Waals surface area contributed by atoms with Gasteiger partial charge in [-0.3, -0.25) is 9.36 Å². The summed E-state index contributed by atoms with van der Waals surface area (Å²) in [7, 11) is 1.38. The molecule has 0 unspecified atom stereocenters. The number of rotatable bonds is 2. The molecule has 0 radical (unpaired) electrons. The fraction of sp³-hybridized carbons (Fsp3) is 0.400. The highest BCUT2D eigenvalue weighted by Gasteiger charge is 2.10. The summed E-state index contributed by atoms with van der Waals surface area (Å²) in [6, 6.07) is 1.33. The van der Waals surface area contributed by atoms with Gasteiger partial charge in [-0.2, -0.15) is 0 Å². The highest BCUT2D eigenvalue weighted by Crippen LogP contribution is 2.06. The highest BCUT2D eigenvalue weighted by molar-refractivity contribution is 5.71. The predicted octanol–water partition coefficient (Wildman–Crippen LogP) is 1.17. The molecule has 0 aliphatic rings. The normalized spacial score (nSPS) is 9.80. The third kappa shape index (κ3) is 2.37. The number of carbonyl (C=O) groups excluding carboxylic acids is 1. The Bertz CT molecular complexity index is 422. The second-order valence-corrected chi connectivity index (χ2v) is 2.92. The molecule has 1 heterocycles. The molecule has 0 saturated carbocycles. The molecular formula is C10H13NO4. The first-order valence-electron chi connectivity index (χ1n) is 4.54. The number of pyridine rings is 1. The van der Waals surface area contributed by atoms with Crippen LogP contribution >= 0.6 is 0 Å². The number of aryl methyl sites for hydroxylation is 1. The molecule has 1 aromatic rings. The van der Waals surface area contributed by atoms with Gasteiger partial charge in [0.2, 0.25) is 5.43 Å². The van der Waals surface area contributed by atoms with Crippen LogP contribution in [0.5, 0.6) is 5.75 Å². The molecule has 1 rings (SSSR count). The van der Waals surface area contributed by atoms with E-state index >= 15 is 0 Å². The van der Waals surface area contributed by atoms with E-state index in [0.717, 1.165) is 0 Å². The number of hydrogen-bond donors (Lipinski definition) is 0. The van der Waals surface area contributed by atoms with Crippen molar-refractivity contribution in [1.29, 1.82) is 0 Å². The molecule has 0 fully saturated rings. The molecule has 0 bridgehead atoms. The number of nitrogens with zero attached hydrogens (tertiary/aromatic N) is 1. The summed E-state index contributed by atoms with van der Waals surface area (Å²) in [5, 5.41) is 0. The van der Waals surface area contributed by atoms with Gasteiger partial charge in [0.05, 0.1) is 19.9 Å². The van der Waals surface area contributed by atoms with Crippen molar-refractivity contribution in [2.75, 3.05) is 13.7 Å². The SMILES string of the molecule is CCOC(=O)n1cc(OC)c(=O)cc1C. The number of methoxy groups -OCH3 is 1. The van der Waals surface area contributed by atoms with Gasteiger partial charge in [0, 0.05) is 11.8 Å². The molecule has 0 spiro atoms. The van der Waals surface area contributed by atoms with Gasteiger partial charge in [0.25, 0.3) is 0 Å². The zero-order chi connectivity index (χ0) is 11.4. The molecule has 0 aromatic carbocycles. The van der Waals surface area contributed by atoms with Crippen molar-refractivity contribution in [1.82, 2.24) is 4.57 Å². The molecular weight excluding hydrogens is 198 g/mol. The van der Waals surface area contributed by atoms with Crippen molar-refractivity contribution >= 4 is 6.09 Å². The molecule has 0 N–H and O–H groups in total. The van der Waals surface area contributed by atoms with Crippen LogP contribution in [-0.2, 0) is 4.74 Å². The summed E-state index contributed by atoms with van der Waals surface area (Å²) >= 11 is 0. The van der Waals surface area contributed by atoms with Crippen molar-refractivity contribution in [3.8, 4) is 5.75 Å². The quantitative estimate of drug-likeness (QED) is 0.736. The molecule has 15 heavy (non-hydrogen) atoms. The minimum Gasteiger partial charge on any atom is -0.491 e. The van der Waals surface area contributed by atoms with E-state index in [0.29, 0.717) is 5.69 Å². The third-order valence-electron chi connectivity index (χ3n) is 1.89. The van der Waals surface area contributed by atoms with Gasteiger partial charge in [-0.15, -0.1) is 0 Å². The van der Waals surface area contributed by atoms with Gasteiger partial charge >= 0.3 is 6.09 Å². The Morgan fingerprint density at radius 2 is 2.20 bits per heavy atom. The minimum absolute atomic E-state index is 0.119. The van der Waals surface area contributed by atoms with Crippen LogP contribution < -0.4 is 10.2 Å². The van der Waals surface area contributed by atoms with Crippen LogP contribution in [0.15, 0.2) is 17.1 Å². The lowest BCUT2D eigenvalue weighted by atomic mass is 10.3. The van der Waals surface area contributed by atoms with Crippen molar-refractivity contribution in [3.63, 3.8) is 0 Å². The summed E-state index contributed by atoms with van der Waals surface area (Å²) in [5.74, 6) is 0.119. The van der Waals surface area contributed by atoms with Crippen molar-refractivity contribution in [3.05, 3.63) is 28.2 Å². The van der Waals surface area contributed by atoms with Crippen molar-refractivity contribution in [2.24, 2.45) is 0 Å². The van der Waals surface area contributed by atoms with Gasteiger partial charge < -0.3 is 9.47 Å². The molecule has 0 atom stereocenters. The lowest BCUT2D eigenvalue weighted by molar-refractivity contribution is 0.153. The molecule has 82 valence electrons. The zero-order valence-corrected chi connectivity index (χ0v) is 8.94. The first-order chi connectivity index (χ1) is 7.10. The topological polar surface area (TPSA) is 57.5 Å². The predicted molar refractivity (Wildman–Crippen MR) is 54.4 cm³/mol. The first kappa shape index (κ1) is 11.3. The fourth-order valence-electron chi connectivity index (χ4n) is 1.16. The van der Waals surface area contributed by atoms with E-state index in [2.05, 4.69) is 0 Å². The fourth-order valence-corrected chi connectivity index (χ4v) is 1.16. The molecule has 1 aromatic heterocycles. The maximum atomic E-state index is 11.4. The maximum absolute atomic E-state index is 11.4. The zero-order valence-electron chi connectivity index (χ0n) is 8.94. The number of hydrogen-bond acceptors (Lipinski definition) is 4. The number of aromatic nitrogens is 1. The average Bonchev–Trinajstić information content (AvgIpc) is 2.18. The van der Waals surface area contributed by atoms with Gasteiger partial charge in [0.1, 0.15) is 0 Å². The van der Waals surface area contributed by atoms with Gasteiger partial charge in [-0.1, -0.05) is 0 Å². The maximum Gasteiger partial charge on any atom is 0.418 e. The Morgan fingerprint density at radius 3 is 2.73 bits per heavy atom. The third-order valence-corrected chi connectivity index (χ3v) is 1.89. The summed E-state index contributed by atoms with van der Waals surface area (Å²) in [5.41, 5.74) is 0.259. The smallest absolute Gasteiger partial charge is 0.418 e. The lowest BCUT2D eigenvalue weighted by Crippen LogP contribution is -2.19. The minimum atomic E-state index is -0.520. The summed E-state index contributed by atoms with van der Waals surface area (Å²) < 4.78 is 10.9. The van der Waals surface area contributed by atoms with E-state index in [9.17, 15) is 9.59 Å². The van der Waals surface area contributed by atoms with Crippen LogP contribution in [0.3, 0.4) is 0 Å². The Balaban J connectivity index is 3.18. The van der Waals surface area contributed by atoms with Crippen LogP contribution in [0.1, 0.15) is 12.6 Å². The van der Waals surface area contributed by atoms with E-state index in [1.807, 2.05) is 0 Å². The van der Waals surface area contributed by atoms with Gasteiger partial charge in [-0.05, 0) is 13.8 Å². The lowest BCUT2D eigenvalue weighted by Gasteiger charge is -2.09. The summed E-state index contributed by atoms with van der Waals surface area (Å²) in [6.07, 6.45) is 0.809. The van der Waals surface area contributed by atoms with E-state index in [1.54, 1.807) is 13.8 Å². The van der Waals surface area contributed by atoms with E-state index in [1.165, 1.54) is 23.9 Å². The van der Waals surface area contributed by atoms with Crippen LogP contribution in [0.25, 0.3) is 0 Å². The average molecular weight is 211 g/mol. The van der Waals surface area contributed by atoms with Crippen LogP contribution in [0.4, 0.5) is 4.79 Å². The number of carbonyl (C=O) groups is 1. The van der Waals surface area contributed by atoms with E-state index < -0.39 is 6.09 Å². The second kappa shape index (κ2) is 4.63. The van der Waals surface area contributed by atoms with Crippen LogP contribution in [0, 0.1) is 6.92 Å². The molecule has 0 saturated heterocycles. The molecule has 5 nitrogen and oxygen atoms in total. The largest absolute Gasteiger partial charge is 0.491 e. The van der Waals surface area contributed by atoms with Crippen LogP contribution in [-0.4, -0.2) is 24.4 Å². The van der Waals surface area contributed by atoms with Gasteiger partial charge in [-0.25, -0.2) is 4.79 Å². The highest BCUT2D eigenvalue weighted by atomic mass is 16.5. The molecule has 5 heteroatoms. The van der Waals surface area contributed by atoms with Crippen molar-refractivity contribution < 1.29 is 14.3 Å². The summed E-state index contributed by atoms with van der Waals surface area (Å²) in [6.45, 7) is 3.65. The molecule has 0 aliphatic heterocycles. The summed E-state index contributed by atoms with van der Waals surface area (Å²) in [4.78, 5) is 22.7. The monoisotopic (exact) mass is 211 g/mol. The Labute approximate surface area is 87.2 Å². The van der Waals surface area contributed by atoms with E-state index in [-0.39, 0.29) is 17.8 Å². The Kier molecular flexibility index (Phi) is 3.49. The standard InChI is InChI=1S/C10H13NO4/c1-4-15-10(13)11-6-9(14-3)8(12)5-7(11)2/h5-6H,4H2,1-3H3. The van der Waals surface area contributed by atoms with Crippen molar-refractivity contribution in [2.45, 2.75) is 13.8 Å². The molecule has 0 aliphatic carbocycles. The van der Waals surface area contributed by atoms with E-state index in [4.69, 9.17) is 9.47 Å². The Morgan fingerprint density at radius 1 is 1.53 bits per heavy atom. The van der Waals surface area contributed by atoms with Crippen LogP contribution in [0.2, 0.25) is 0 Å². The first-order valence-corrected chi connectivity index (χ1v) is 4.54. The molecule has 0 amide bonds. The number of ether oxygens (including phenoxy) is 2. The van der Waals surface area contributed by atoms with Gasteiger partial charge in [0.15, 0.2) is 5.75 Å².